The van der Waals surface area contributed by atoms with Crippen LogP contribution >= 0.6 is 12.2 Å². The number of hydrogen-bond acceptors (Lipinski definition) is 5. The Morgan fingerprint density at radius 3 is 2.72 bits per heavy atom. The van der Waals surface area contributed by atoms with Crippen LogP contribution < -0.4 is 14.8 Å². The third-order valence-corrected chi connectivity index (χ3v) is 3.88. The highest BCUT2D eigenvalue weighted by molar-refractivity contribution is 7.80. The fourth-order valence-corrected chi connectivity index (χ4v) is 2.46. The number of amides is 1. The molecule has 1 aliphatic rings. The molecule has 128 valence electrons. The van der Waals surface area contributed by atoms with Crippen molar-refractivity contribution in [2.75, 3.05) is 13.7 Å². The van der Waals surface area contributed by atoms with Crippen molar-refractivity contribution in [2.24, 2.45) is 5.10 Å². The molecule has 1 aliphatic heterocycles. The van der Waals surface area contributed by atoms with E-state index in [1.165, 1.54) is 5.01 Å². The van der Waals surface area contributed by atoms with Crippen molar-refractivity contribution < 1.29 is 14.3 Å². The van der Waals surface area contributed by atoms with Gasteiger partial charge in [0.05, 0.1) is 19.9 Å². The average Bonchev–Trinajstić information content (AvgIpc) is 2.97. The summed E-state index contributed by atoms with van der Waals surface area (Å²) in [5.41, 5.74) is 1.87. The maximum atomic E-state index is 11.6. The van der Waals surface area contributed by atoms with Crippen molar-refractivity contribution >= 4 is 29.5 Å². The first kappa shape index (κ1) is 16.9. The van der Waals surface area contributed by atoms with Gasteiger partial charge < -0.3 is 14.8 Å². The topological polar surface area (TPSA) is 63.2 Å². The van der Waals surface area contributed by atoms with Crippen LogP contribution in [0.2, 0.25) is 0 Å². The molecule has 1 fully saturated rings. The Kier molecular flexibility index (Phi) is 5.25. The van der Waals surface area contributed by atoms with Gasteiger partial charge in [0, 0.05) is 0 Å². The normalized spacial score (nSPS) is 14.0. The second kappa shape index (κ2) is 7.76. The lowest BCUT2D eigenvalue weighted by molar-refractivity contribution is -0.124. The van der Waals surface area contributed by atoms with Crippen LogP contribution in [0.5, 0.6) is 11.5 Å². The molecule has 1 saturated heterocycles. The highest BCUT2D eigenvalue weighted by Crippen LogP contribution is 2.17. The number of hydrogen-bond donors (Lipinski definition) is 1. The van der Waals surface area contributed by atoms with E-state index in [9.17, 15) is 4.79 Å². The van der Waals surface area contributed by atoms with Gasteiger partial charge in [-0.2, -0.15) is 10.1 Å². The Labute approximate surface area is 151 Å². The zero-order chi connectivity index (χ0) is 17.6. The Morgan fingerprint density at radius 1 is 1.24 bits per heavy atom. The highest BCUT2D eigenvalue weighted by atomic mass is 32.1. The summed E-state index contributed by atoms with van der Waals surface area (Å²) in [6, 6.07) is 15.2. The number of ether oxygens (including phenoxy) is 2. The van der Waals surface area contributed by atoms with Gasteiger partial charge in [0.2, 0.25) is 0 Å². The molecule has 3 rings (SSSR count). The molecule has 0 aromatic heterocycles. The maximum absolute atomic E-state index is 11.6. The van der Waals surface area contributed by atoms with Crippen LogP contribution in [0.15, 0.2) is 53.6 Å². The van der Waals surface area contributed by atoms with Crippen molar-refractivity contribution in [3.05, 3.63) is 59.7 Å². The molecule has 7 heteroatoms. The predicted octanol–water partition coefficient (Wildman–Crippen LogP) is 2.32. The number of thiocarbonyl (C=S) groups is 1. The van der Waals surface area contributed by atoms with E-state index in [1.54, 1.807) is 13.3 Å². The number of hydrazone groups is 1. The predicted molar refractivity (Wildman–Crippen MR) is 98.8 cm³/mol. The van der Waals surface area contributed by atoms with Gasteiger partial charge in [-0.3, -0.25) is 4.79 Å². The van der Waals surface area contributed by atoms with Crippen LogP contribution in [0, 0.1) is 0 Å². The van der Waals surface area contributed by atoms with Crippen LogP contribution in [0.25, 0.3) is 0 Å². The SMILES string of the molecule is COc1cccc(COc2ccc(/C=N/N3C(=O)CNC3=S)cc2)c1. The van der Waals surface area contributed by atoms with Crippen LogP contribution in [0.4, 0.5) is 0 Å². The lowest BCUT2D eigenvalue weighted by Crippen LogP contribution is -2.25. The van der Waals surface area contributed by atoms with Crippen molar-refractivity contribution in [3.63, 3.8) is 0 Å². The van der Waals surface area contributed by atoms with Crippen molar-refractivity contribution in [1.82, 2.24) is 10.3 Å². The minimum atomic E-state index is -0.167. The number of nitrogens with one attached hydrogen (secondary N) is 1. The molecule has 2 aromatic carbocycles. The number of carbonyl (C=O) groups is 1. The van der Waals surface area contributed by atoms with Crippen LogP contribution in [-0.4, -0.2) is 35.9 Å². The molecular formula is C18H17N3O3S. The van der Waals surface area contributed by atoms with Crippen LogP contribution in [0.1, 0.15) is 11.1 Å². The van der Waals surface area contributed by atoms with Crippen molar-refractivity contribution in [2.45, 2.75) is 6.61 Å². The highest BCUT2D eigenvalue weighted by Gasteiger charge is 2.24. The van der Waals surface area contributed by atoms with Gasteiger partial charge >= 0.3 is 0 Å². The smallest absolute Gasteiger partial charge is 0.268 e. The van der Waals surface area contributed by atoms with Gasteiger partial charge in [0.1, 0.15) is 18.1 Å². The van der Waals surface area contributed by atoms with Gasteiger partial charge in [0.15, 0.2) is 5.11 Å². The fourth-order valence-electron chi connectivity index (χ4n) is 2.23. The van der Waals surface area contributed by atoms with Crippen molar-refractivity contribution in [3.8, 4) is 11.5 Å². The van der Waals surface area contributed by atoms with Gasteiger partial charge in [-0.25, -0.2) is 0 Å². The first-order chi connectivity index (χ1) is 12.2. The molecule has 1 heterocycles. The molecule has 1 amide bonds. The standard InChI is InChI=1S/C18H17N3O3S/c1-23-16-4-2-3-14(9-16)12-24-15-7-5-13(6-8-15)10-20-21-17(22)11-19-18(21)25/h2-10H,11-12H2,1H3,(H,19,25)/b20-10+. The first-order valence-corrected chi connectivity index (χ1v) is 8.07. The molecule has 6 nitrogen and oxygen atoms in total. The minimum absolute atomic E-state index is 0.167. The van der Waals surface area contributed by atoms with Crippen LogP contribution in [-0.2, 0) is 11.4 Å². The molecular weight excluding hydrogens is 338 g/mol. The zero-order valence-electron chi connectivity index (χ0n) is 13.6. The molecule has 25 heavy (non-hydrogen) atoms. The van der Waals surface area contributed by atoms with Gasteiger partial charge in [0.25, 0.3) is 5.91 Å². The summed E-state index contributed by atoms with van der Waals surface area (Å²) in [7, 11) is 1.64. The van der Waals surface area contributed by atoms with Gasteiger partial charge in [-0.15, -0.1) is 0 Å². The molecule has 0 unspecified atom stereocenters. The van der Waals surface area contributed by atoms with Crippen LogP contribution in [0.3, 0.4) is 0 Å². The van der Waals surface area contributed by atoms with E-state index in [-0.39, 0.29) is 12.5 Å². The average molecular weight is 355 g/mol. The Morgan fingerprint density at radius 2 is 2.04 bits per heavy atom. The molecule has 0 bridgehead atoms. The second-order valence-electron chi connectivity index (χ2n) is 5.32. The summed E-state index contributed by atoms with van der Waals surface area (Å²) in [5, 5.41) is 8.37. The molecule has 0 saturated carbocycles. The van der Waals surface area contributed by atoms with E-state index >= 15 is 0 Å². The second-order valence-corrected chi connectivity index (χ2v) is 5.70. The number of benzene rings is 2. The molecule has 1 N–H and O–H groups in total. The summed E-state index contributed by atoms with van der Waals surface area (Å²) in [5.74, 6) is 1.38. The number of methoxy groups -OCH3 is 1. The Bertz CT molecular complexity index is 789. The molecule has 2 aromatic rings. The van der Waals surface area contributed by atoms with E-state index in [0.717, 1.165) is 22.6 Å². The van der Waals surface area contributed by atoms with E-state index in [4.69, 9.17) is 21.7 Å². The third kappa shape index (κ3) is 4.33. The lowest BCUT2D eigenvalue weighted by atomic mass is 10.2. The summed E-state index contributed by atoms with van der Waals surface area (Å²) in [4.78, 5) is 11.6. The van der Waals surface area contributed by atoms with Gasteiger partial charge in [-0.05, 0) is 59.7 Å². The van der Waals surface area contributed by atoms with Gasteiger partial charge in [-0.1, -0.05) is 12.1 Å². The number of carbonyl (C=O) groups excluding carboxylic acids is 1. The Hall–Kier alpha value is -2.93. The monoisotopic (exact) mass is 355 g/mol. The minimum Gasteiger partial charge on any atom is -0.497 e. The number of nitrogens with zero attached hydrogens (tertiary/aromatic N) is 2. The molecule has 0 radical (unpaired) electrons. The van der Waals surface area contributed by atoms with E-state index < -0.39 is 0 Å². The quantitative estimate of drug-likeness (QED) is 0.636. The maximum Gasteiger partial charge on any atom is 0.268 e. The zero-order valence-corrected chi connectivity index (χ0v) is 14.5. The molecule has 0 aliphatic carbocycles. The largest absolute Gasteiger partial charge is 0.497 e. The van der Waals surface area contributed by atoms with E-state index in [0.29, 0.717) is 11.7 Å². The summed E-state index contributed by atoms with van der Waals surface area (Å²) < 4.78 is 11.0. The first-order valence-electron chi connectivity index (χ1n) is 7.66. The summed E-state index contributed by atoms with van der Waals surface area (Å²) in [6.07, 6.45) is 1.59. The number of rotatable bonds is 6. The molecule has 0 spiro atoms. The molecule has 0 atom stereocenters. The summed E-state index contributed by atoms with van der Waals surface area (Å²) >= 11 is 5.00. The lowest BCUT2D eigenvalue weighted by Gasteiger charge is -2.08. The van der Waals surface area contributed by atoms with Crippen molar-refractivity contribution in [1.29, 1.82) is 0 Å². The summed E-state index contributed by atoms with van der Waals surface area (Å²) in [6.45, 7) is 0.639. The fraction of sp³-hybridized carbons (Fsp3) is 0.167. The third-order valence-electron chi connectivity index (χ3n) is 3.56. The Balaban J connectivity index is 1.58. The van der Waals surface area contributed by atoms with E-state index in [2.05, 4.69) is 10.4 Å². The van der Waals surface area contributed by atoms with E-state index in [1.807, 2.05) is 48.5 Å².